The third-order valence-electron chi connectivity index (χ3n) is 6.22. The molecule has 3 heterocycles. The van der Waals surface area contributed by atoms with Gasteiger partial charge in [-0.3, -0.25) is 34.2 Å². The summed E-state index contributed by atoms with van der Waals surface area (Å²) in [7, 11) is 0. The third-order valence-corrected chi connectivity index (χ3v) is 8.63. The number of imide groups is 1. The molecule has 3 aromatic rings. The fraction of sp³-hybridized carbons (Fsp3) is 0.250. The molecule has 0 spiro atoms. The molecule has 0 radical (unpaired) electrons. The molecule has 1 aromatic heterocycles. The van der Waals surface area contributed by atoms with Gasteiger partial charge in [-0.25, -0.2) is 0 Å². The number of carbonyl (C=O) groups excluding carboxylic acids is 2. The van der Waals surface area contributed by atoms with E-state index in [1.165, 1.54) is 18.2 Å². The number of aliphatic carboxylic acids is 1. The van der Waals surface area contributed by atoms with Crippen LogP contribution in [0.2, 0.25) is 0 Å². The summed E-state index contributed by atoms with van der Waals surface area (Å²) in [5.41, 5.74) is 1.89. The van der Waals surface area contributed by atoms with Gasteiger partial charge in [0.25, 0.3) is 5.69 Å². The minimum absolute atomic E-state index is 0.135. The standard InChI is InChI=1S/C24H19N3O8S2/c1-11-3-2-4-12(7-11)10-35-15-6-5-13(27(33)34)8-14(15)17-18-20(36-21-19(17)37-24(32)25-21)23(31)26(22(18)30)9-16(28)29/h2-8,17-18,20H,9-10H2,1H3,(H,25,32)(H,28,29)/t17-,18+,20-/m0/s1. The number of carbonyl (C=O) groups is 3. The first kappa shape index (κ1) is 24.7. The Hall–Kier alpha value is -3.97. The van der Waals surface area contributed by atoms with Crippen molar-refractivity contribution in [1.29, 1.82) is 0 Å². The number of ether oxygens (including phenoxy) is 1. The quantitative estimate of drug-likeness (QED) is 0.260. The number of non-ortho nitro benzene ring substituents is 1. The number of rotatable bonds is 7. The van der Waals surface area contributed by atoms with Crippen molar-refractivity contribution in [3.05, 3.63) is 83.8 Å². The molecule has 0 unspecified atom stereocenters. The predicted octanol–water partition coefficient (Wildman–Crippen LogP) is 2.91. The van der Waals surface area contributed by atoms with Gasteiger partial charge in [-0.2, -0.15) is 0 Å². The van der Waals surface area contributed by atoms with Gasteiger partial charge < -0.3 is 14.8 Å². The Morgan fingerprint density at radius 2 is 1.97 bits per heavy atom. The van der Waals surface area contributed by atoms with Crippen LogP contribution in [0, 0.1) is 23.0 Å². The van der Waals surface area contributed by atoms with Crippen LogP contribution in [-0.4, -0.2) is 49.5 Å². The molecule has 2 aliphatic rings. The lowest BCUT2D eigenvalue weighted by atomic mass is 9.82. The van der Waals surface area contributed by atoms with Gasteiger partial charge in [0.1, 0.15) is 24.2 Å². The summed E-state index contributed by atoms with van der Waals surface area (Å²) in [6, 6.07) is 11.6. The first-order chi connectivity index (χ1) is 17.6. The van der Waals surface area contributed by atoms with E-state index in [9.17, 15) is 34.4 Å². The zero-order valence-electron chi connectivity index (χ0n) is 19.2. The van der Waals surface area contributed by atoms with Crippen LogP contribution in [0.4, 0.5) is 5.69 Å². The fourth-order valence-electron chi connectivity index (χ4n) is 4.69. The highest BCUT2D eigenvalue weighted by molar-refractivity contribution is 8.00. The molecule has 13 heteroatoms. The molecule has 0 saturated carbocycles. The summed E-state index contributed by atoms with van der Waals surface area (Å²) in [6.45, 7) is 1.27. The van der Waals surface area contributed by atoms with E-state index in [0.29, 0.717) is 14.8 Å². The number of nitrogens with one attached hydrogen (secondary N) is 1. The van der Waals surface area contributed by atoms with Gasteiger partial charge in [-0.1, -0.05) is 52.9 Å². The second-order valence-corrected chi connectivity index (χ2v) is 10.8. The number of hydrogen-bond donors (Lipinski definition) is 2. The number of nitrogens with zero attached hydrogens (tertiary/aromatic N) is 2. The van der Waals surface area contributed by atoms with Gasteiger partial charge in [-0.15, -0.1) is 0 Å². The normalized spacial score (nSPS) is 20.5. The van der Waals surface area contributed by atoms with Crippen LogP contribution in [0.1, 0.15) is 27.5 Å². The zero-order valence-corrected chi connectivity index (χ0v) is 20.8. The molecule has 2 aliphatic heterocycles. The van der Waals surface area contributed by atoms with Gasteiger partial charge in [0.2, 0.25) is 11.8 Å². The number of hydrogen-bond acceptors (Lipinski definition) is 9. The minimum atomic E-state index is -1.34. The van der Waals surface area contributed by atoms with E-state index in [4.69, 9.17) is 4.74 Å². The Bertz CT molecular complexity index is 1510. The number of fused-ring (bicyclic) bond motifs is 2. The van der Waals surface area contributed by atoms with Crippen LogP contribution in [0.5, 0.6) is 5.75 Å². The highest BCUT2D eigenvalue weighted by atomic mass is 32.2. The highest BCUT2D eigenvalue weighted by Gasteiger charge is 2.56. The molecule has 2 aromatic carbocycles. The second-order valence-electron chi connectivity index (χ2n) is 8.66. The second kappa shape index (κ2) is 9.48. The van der Waals surface area contributed by atoms with E-state index in [0.717, 1.165) is 34.2 Å². The SMILES string of the molecule is Cc1cccc(COc2ccc([N+](=O)[O-])cc2[C@@H]2c3sc(=O)[nH]c3S[C@@H]3C(=O)N(CC(=O)O)C(=O)[C@H]23)c1. The summed E-state index contributed by atoms with van der Waals surface area (Å²) in [5, 5.41) is 20.3. The number of amides is 2. The number of likely N-dealkylation sites (tertiary alicyclic amines) is 1. The number of aromatic nitrogens is 1. The number of carboxylic acids is 1. The molecule has 190 valence electrons. The predicted molar refractivity (Wildman–Crippen MR) is 133 cm³/mol. The molecule has 5 rings (SSSR count). The molecule has 1 saturated heterocycles. The lowest BCUT2D eigenvalue weighted by molar-refractivity contribution is -0.385. The molecular weight excluding hydrogens is 522 g/mol. The molecule has 0 aliphatic carbocycles. The summed E-state index contributed by atoms with van der Waals surface area (Å²) in [5.74, 6) is -4.49. The number of thiazole rings is 1. The third kappa shape index (κ3) is 4.51. The zero-order chi connectivity index (χ0) is 26.4. The number of nitro benzene ring substituents is 1. The van der Waals surface area contributed by atoms with E-state index in [-0.39, 0.29) is 23.6 Å². The van der Waals surface area contributed by atoms with Crippen molar-refractivity contribution in [1.82, 2.24) is 9.88 Å². The van der Waals surface area contributed by atoms with Crippen molar-refractivity contribution < 1.29 is 29.2 Å². The van der Waals surface area contributed by atoms with Gasteiger partial charge in [-0.05, 0) is 18.6 Å². The molecule has 2 N–H and O–H groups in total. The van der Waals surface area contributed by atoms with Crippen LogP contribution < -0.4 is 9.61 Å². The largest absolute Gasteiger partial charge is 0.489 e. The summed E-state index contributed by atoms with van der Waals surface area (Å²) in [4.78, 5) is 64.6. The Labute approximate surface area is 217 Å². The van der Waals surface area contributed by atoms with E-state index >= 15 is 0 Å². The maximum atomic E-state index is 13.4. The minimum Gasteiger partial charge on any atom is -0.489 e. The van der Waals surface area contributed by atoms with E-state index < -0.39 is 51.2 Å². The van der Waals surface area contributed by atoms with Crippen molar-refractivity contribution in [3.63, 3.8) is 0 Å². The number of nitro groups is 1. The van der Waals surface area contributed by atoms with Crippen LogP contribution in [0.3, 0.4) is 0 Å². The van der Waals surface area contributed by atoms with Crippen molar-refractivity contribution in [2.75, 3.05) is 6.54 Å². The number of H-pyrrole nitrogens is 1. The molecule has 0 bridgehead atoms. The van der Waals surface area contributed by atoms with Crippen LogP contribution in [0.25, 0.3) is 0 Å². The smallest absolute Gasteiger partial charge is 0.323 e. The van der Waals surface area contributed by atoms with Crippen molar-refractivity contribution in [3.8, 4) is 5.75 Å². The number of benzene rings is 2. The number of aryl methyl sites for hydroxylation is 1. The Morgan fingerprint density at radius 3 is 2.68 bits per heavy atom. The fourth-order valence-corrected chi connectivity index (χ4v) is 7.22. The maximum Gasteiger partial charge on any atom is 0.323 e. The summed E-state index contributed by atoms with van der Waals surface area (Å²) in [6.07, 6.45) is 0. The Morgan fingerprint density at radius 1 is 1.19 bits per heavy atom. The topological polar surface area (TPSA) is 160 Å². The van der Waals surface area contributed by atoms with E-state index in [1.807, 2.05) is 31.2 Å². The van der Waals surface area contributed by atoms with Crippen LogP contribution in [-0.2, 0) is 21.0 Å². The number of carboxylic acid groups (broad SMARTS) is 1. The van der Waals surface area contributed by atoms with Crippen molar-refractivity contribution in [2.24, 2.45) is 5.92 Å². The summed E-state index contributed by atoms with van der Waals surface area (Å²) >= 11 is 1.84. The molecule has 1 fully saturated rings. The van der Waals surface area contributed by atoms with Crippen LogP contribution in [0.15, 0.2) is 52.3 Å². The lowest BCUT2D eigenvalue weighted by Gasteiger charge is -2.30. The van der Waals surface area contributed by atoms with Crippen LogP contribution >= 0.6 is 23.1 Å². The first-order valence-corrected chi connectivity index (χ1v) is 12.8. The first-order valence-electron chi connectivity index (χ1n) is 11.1. The van der Waals surface area contributed by atoms with E-state index in [2.05, 4.69) is 4.98 Å². The molecular formula is C24H19N3O8S2. The summed E-state index contributed by atoms with van der Waals surface area (Å²) < 4.78 is 6.07. The van der Waals surface area contributed by atoms with Gasteiger partial charge in [0.15, 0.2) is 0 Å². The Balaban J connectivity index is 1.63. The van der Waals surface area contributed by atoms with Gasteiger partial charge in [0, 0.05) is 28.5 Å². The van der Waals surface area contributed by atoms with Gasteiger partial charge >= 0.3 is 10.8 Å². The molecule has 37 heavy (non-hydrogen) atoms. The Kier molecular flexibility index (Phi) is 6.33. The molecule has 3 atom stereocenters. The number of thioether (sulfide) groups is 1. The average molecular weight is 542 g/mol. The number of aromatic amines is 1. The molecule has 11 nitrogen and oxygen atoms in total. The van der Waals surface area contributed by atoms with Crippen molar-refractivity contribution >= 4 is 46.6 Å². The average Bonchev–Trinajstić information content (AvgIpc) is 3.33. The van der Waals surface area contributed by atoms with E-state index in [1.54, 1.807) is 0 Å². The maximum absolute atomic E-state index is 13.4. The lowest BCUT2D eigenvalue weighted by Crippen LogP contribution is -2.36. The van der Waals surface area contributed by atoms with Crippen molar-refractivity contribution in [2.45, 2.75) is 29.7 Å². The monoisotopic (exact) mass is 541 g/mol. The highest BCUT2D eigenvalue weighted by Crippen LogP contribution is 2.54. The van der Waals surface area contributed by atoms with Gasteiger partial charge in [0.05, 0.1) is 15.9 Å². The molecule has 2 amide bonds.